The molecule has 0 radical (unpaired) electrons. The number of amidine groups is 1. The van der Waals surface area contributed by atoms with Crippen LogP contribution in [0.5, 0.6) is 0 Å². The molecule has 0 fully saturated rings. The highest BCUT2D eigenvalue weighted by Gasteiger charge is 2.13. The quantitative estimate of drug-likeness (QED) is 0.223. The van der Waals surface area contributed by atoms with Crippen LogP contribution in [0.15, 0.2) is 33.0 Å². The molecule has 1 rings (SSSR count). The summed E-state index contributed by atoms with van der Waals surface area (Å²) < 4.78 is 26.8. The van der Waals surface area contributed by atoms with Gasteiger partial charge in [0.2, 0.25) is 10.0 Å². The molecule has 0 spiro atoms. The van der Waals surface area contributed by atoms with Crippen LogP contribution in [0.4, 0.5) is 0 Å². The molecule has 0 aromatic carbocycles. The van der Waals surface area contributed by atoms with Gasteiger partial charge in [-0.2, -0.15) is 0 Å². The van der Waals surface area contributed by atoms with Gasteiger partial charge < -0.3 is 10.9 Å². The third kappa shape index (κ3) is 5.53. The van der Waals surface area contributed by atoms with Gasteiger partial charge >= 0.3 is 0 Å². The Labute approximate surface area is 120 Å². The minimum Gasteiger partial charge on any atom is -0.409 e. The minimum absolute atomic E-state index is 0.110. The van der Waals surface area contributed by atoms with Crippen LogP contribution < -0.4 is 10.5 Å². The fraction of sp³-hybridized carbons (Fsp3) is 0.400. The summed E-state index contributed by atoms with van der Waals surface area (Å²) in [7, 11) is -3.54. The highest BCUT2D eigenvalue weighted by atomic mass is 79.9. The molecule has 7 nitrogen and oxygen atoms in total. The fourth-order valence-corrected chi connectivity index (χ4v) is 2.89. The lowest BCUT2D eigenvalue weighted by atomic mass is 10.2. The Bertz CT molecular complexity index is 547. The van der Waals surface area contributed by atoms with E-state index in [9.17, 15) is 8.42 Å². The summed E-state index contributed by atoms with van der Waals surface area (Å²) in [5, 5.41) is 11.2. The number of nitrogens with zero attached hydrogens (tertiary/aromatic N) is 2. The predicted molar refractivity (Wildman–Crippen MR) is 74.4 cm³/mol. The van der Waals surface area contributed by atoms with Gasteiger partial charge in [0.1, 0.15) is 10.7 Å². The van der Waals surface area contributed by atoms with Crippen LogP contribution in [-0.2, 0) is 10.0 Å². The van der Waals surface area contributed by atoms with E-state index in [2.05, 4.69) is 30.8 Å². The monoisotopic (exact) mass is 350 g/mol. The maximum Gasteiger partial charge on any atom is 0.242 e. The number of nitrogens with two attached hydrogens (primary N) is 1. The van der Waals surface area contributed by atoms with Crippen molar-refractivity contribution in [2.75, 3.05) is 6.54 Å². The molecule has 0 aliphatic carbocycles. The van der Waals surface area contributed by atoms with Gasteiger partial charge in [0.15, 0.2) is 0 Å². The lowest BCUT2D eigenvalue weighted by Gasteiger charge is -2.06. The third-order valence-electron chi connectivity index (χ3n) is 2.27. The van der Waals surface area contributed by atoms with Gasteiger partial charge in [-0.05, 0) is 34.8 Å². The van der Waals surface area contributed by atoms with E-state index >= 15 is 0 Å². The van der Waals surface area contributed by atoms with Crippen LogP contribution in [0.25, 0.3) is 0 Å². The van der Waals surface area contributed by atoms with Crippen molar-refractivity contribution >= 4 is 31.8 Å². The number of rotatable bonds is 7. The van der Waals surface area contributed by atoms with E-state index < -0.39 is 10.0 Å². The Kier molecular flexibility index (Phi) is 6.19. The second-order valence-electron chi connectivity index (χ2n) is 3.79. The first-order chi connectivity index (χ1) is 8.95. The smallest absolute Gasteiger partial charge is 0.242 e. The maximum atomic E-state index is 11.9. The number of halogens is 1. The molecule has 0 unspecified atom stereocenters. The van der Waals surface area contributed by atoms with Crippen molar-refractivity contribution in [2.24, 2.45) is 10.9 Å². The zero-order valence-corrected chi connectivity index (χ0v) is 12.5. The number of hydrogen-bond acceptors (Lipinski definition) is 5. The highest BCUT2D eigenvalue weighted by molar-refractivity contribution is 9.10. The van der Waals surface area contributed by atoms with Gasteiger partial charge in [0.05, 0.1) is 0 Å². The number of pyridine rings is 1. The van der Waals surface area contributed by atoms with Gasteiger partial charge in [-0.1, -0.05) is 5.16 Å². The van der Waals surface area contributed by atoms with Crippen LogP contribution in [0, 0.1) is 0 Å². The van der Waals surface area contributed by atoms with Crippen molar-refractivity contribution in [3.8, 4) is 0 Å². The van der Waals surface area contributed by atoms with E-state index in [1.807, 2.05) is 0 Å². The van der Waals surface area contributed by atoms with Gasteiger partial charge in [-0.3, -0.25) is 4.98 Å². The average molecular weight is 351 g/mol. The van der Waals surface area contributed by atoms with Crippen molar-refractivity contribution in [1.29, 1.82) is 0 Å². The summed E-state index contributed by atoms with van der Waals surface area (Å²) in [6, 6.07) is 1.48. The van der Waals surface area contributed by atoms with E-state index in [1.165, 1.54) is 18.5 Å². The molecule has 0 saturated carbocycles. The molecular weight excluding hydrogens is 336 g/mol. The normalized spacial score (nSPS) is 12.6. The Hall–Kier alpha value is -1.19. The molecule has 0 amide bonds. The summed E-state index contributed by atoms with van der Waals surface area (Å²) in [5.41, 5.74) is 5.30. The number of nitrogens with one attached hydrogen (secondary N) is 1. The van der Waals surface area contributed by atoms with E-state index in [0.29, 0.717) is 23.7 Å². The lowest BCUT2D eigenvalue weighted by molar-refractivity contribution is 0.316. The minimum atomic E-state index is -3.54. The van der Waals surface area contributed by atoms with Crippen molar-refractivity contribution < 1.29 is 13.6 Å². The molecule has 0 aliphatic rings. The zero-order chi connectivity index (χ0) is 14.3. The van der Waals surface area contributed by atoms with E-state index in [0.717, 1.165) is 0 Å². The molecule has 1 aromatic rings. The molecule has 1 aromatic heterocycles. The standard InChI is InChI=1S/C10H15BrN4O3S/c11-8-5-9(7-13-6-8)19(17,18)14-4-2-1-3-10(12)15-16/h5-7,14,16H,1-4H2,(H2,12,15). The summed E-state index contributed by atoms with van der Waals surface area (Å²) in [6.45, 7) is 0.285. The number of aromatic nitrogens is 1. The molecule has 4 N–H and O–H groups in total. The van der Waals surface area contributed by atoms with Gasteiger partial charge in [-0.15, -0.1) is 0 Å². The van der Waals surface area contributed by atoms with Gasteiger partial charge in [0, 0.05) is 29.8 Å². The molecule has 0 atom stereocenters. The van der Waals surface area contributed by atoms with E-state index in [4.69, 9.17) is 10.9 Å². The molecule has 0 saturated heterocycles. The Morgan fingerprint density at radius 3 is 2.84 bits per heavy atom. The molecule has 9 heteroatoms. The first-order valence-corrected chi connectivity index (χ1v) is 7.80. The predicted octanol–water partition coefficient (Wildman–Crippen LogP) is 1.04. The van der Waals surface area contributed by atoms with Crippen molar-refractivity contribution in [3.05, 3.63) is 22.9 Å². The number of hydrogen-bond donors (Lipinski definition) is 3. The van der Waals surface area contributed by atoms with Crippen molar-refractivity contribution in [3.63, 3.8) is 0 Å². The topological polar surface area (TPSA) is 118 Å². The summed E-state index contributed by atoms with van der Waals surface area (Å²) in [4.78, 5) is 3.91. The van der Waals surface area contributed by atoms with E-state index in [1.54, 1.807) is 0 Å². The molecule has 106 valence electrons. The van der Waals surface area contributed by atoms with E-state index in [-0.39, 0.29) is 17.3 Å². The van der Waals surface area contributed by atoms with Gasteiger partial charge in [-0.25, -0.2) is 13.1 Å². The van der Waals surface area contributed by atoms with Crippen molar-refractivity contribution in [1.82, 2.24) is 9.71 Å². The van der Waals surface area contributed by atoms with Crippen LogP contribution in [-0.4, -0.2) is 31.0 Å². The van der Waals surface area contributed by atoms with Crippen molar-refractivity contribution in [2.45, 2.75) is 24.2 Å². The second-order valence-corrected chi connectivity index (χ2v) is 6.47. The number of unbranched alkanes of at least 4 members (excludes halogenated alkanes) is 1. The Balaban J connectivity index is 2.44. The number of oxime groups is 1. The summed E-state index contributed by atoms with van der Waals surface area (Å²) >= 11 is 3.17. The fourth-order valence-electron chi connectivity index (χ4n) is 1.31. The Morgan fingerprint density at radius 2 is 2.21 bits per heavy atom. The van der Waals surface area contributed by atoms with Crippen LogP contribution in [0.2, 0.25) is 0 Å². The molecule has 19 heavy (non-hydrogen) atoms. The first-order valence-electron chi connectivity index (χ1n) is 5.52. The summed E-state index contributed by atoms with van der Waals surface area (Å²) in [6.07, 6.45) is 4.45. The Morgan fingerprint density at radius 1 is 1.47 bits per heavy atom. The molecule has 1 heterocycles. The lowest BCUT2D eigenvalue weighted by Crippen LogP contribution is -2.25. The number of sulfonamides is 1. The van der Waals surface area contributed by atoms with Crippen LogP contribution >= 0.6 is 15.9 Å². The molecule has 0 aliphatic heterocycles. The molecular formula is C10H15BrN4O3S. The first kappa shape index (κ1) is 15.9. The van der Waals surface area contributed by atoms with Crippen LogP contribution in [0.3, 0.4) is 0 Å². The average Bonchev–Trinajstić information content (AvgIpc) is 2.38. The zero-order valence-electron chi connectivity index (χ0n) is 10.1. The SMILES string of the molecule is NC(CCCCNS(=O)(=O)c1cncc(Br)c1)=NO. The maximum absolute atomic E-state index is 11.9. The summed E-state index contributed by atoms with van der Waals surface area (Å²) in [5.74, 6) is 0.138. The third-order valence-corrected chi connectivity index (χ3v) is 4.13. The van der Waals surface area contributed by atoms with Crippen LogP contribution in [0.1, 0.15) is 19.3 Å². The molecule has 0 bridgehead atoms. The highest BCUT2D eigenvalue weighted by Crippen LogP contribution is 2.13. The van der Waals surface area contributed by atoms with Gasteiger partial charge in [0.25, 0.3) is 0 Å². The largest absolute Gasteiger partial charge is 0.409 e. The second kappa shape index (κ2) is 7.41.